The third-order valence-electron chi connectivity index (χ3n) is 5.27. The molecule has 0 spiro atoms. The van der Waals surface area contributed by atoms with Gasteiger partial charge in [-0.3, -0.25) is 9.48 Å². The van der Waals surface area contributed by atoms with E-state index in [2.05, 4.69) is 16.2 Å². The van der Waals surface area contributed by atoms with E-state index < -0.39 is 0 Å². The summed E-state index contributed by atoms with van der Waals surface area (Å²) in [4.78, 5) is 15.5. The molecule has 0 bridgehead atoms. The molecular formula is C20H14N4O. The van der Waals surface area contributed by atoms with Crippen molar-refractivity contribution in [1.82, 2.24) is 14.8 Å². The van der Waals surface area contributed by atoms with Crippen LogP contribution in [0.15, 0.2) is 30.5 Å². The van der Waals surface area contributed by atoms with Gasteiger partial charge in [-0.25, -0.2) is 0 Å². The van der Waals surface area contributed by atoms with Crippen molar-refractivity contribution in [2.45, 2.75) is 12.8 Å². The molecule has 5 rings (SSSR count). The summed E-state index contributed by atoms with van der Waals surface area (Å²) in [6.45, 7) is 0. The predicted octanol–water partition coefficient (Wildman–Crippen LogP) is 3.50. The first-order chi connectivity index (χ1) is 12.2. The lowest BCUT2D eigenvalue weighted by Gasteiger charge is -2.20. The number of rotatable bonds is 1. The summed E-state index contributed by atoms with van der Waals surface area (Å²) in [6, 6.07) is 10.2. The number of hydrogen-bond donors (Lipinski definition) is 1. The van der Waals surface area contributed by atoms with Crippen LogP contribution in [0.1, 0.15) is 27.2 Å². The molecule has 0 saturated heterocycles. The summed E-state index contributed by atoms with van der Waals surface area (Å²) in [5.74, 6) is 0. The van der Waals surface area contributed by atoms with E-state index >= 15 is 0 Å². The van der Waals surface area contributed by atoms with Crippen LogP contribution < -0.4 is 0 Å². The normalized spacial score (nSPS) is 12.8. The van der Waals surface area contributed by atoms with Gasteiger partial charge in [-0.2, -0.15) is 10.4 Å². The fraction of sp³-hybridized carbons (Fsp3) is 0.150. The Morgan fingerprint density at radius 2 is 2.16 bits per heavy atom. The number of para-hydroxylation sites is 1. The van der Waals surface area contributed by atoms with Crippen molar-refractivity contribution in [3.63, 3.8) is 0 Å². The van der Waals surface area contributed by atoms with Crippen LogP contribution >= 0.6 is 0 Å². The Morgan fingerprint density at radius 1 is 1.32 bits per heavy atom. The third kappa shape index (κ3) is 1.66. The van der Waals surface area contributed by atoms with Crippen molar-refractivity contribution in [3.05, 3.63) is 52.8 Å². The highest BCUT2D eigenvalue weighted by Gasteiger charge is 2.28. The molecule has 0 unspecified atom stereocenters. The van der Waals surface area contributed by atoms with Gasteiger partial charge in [0.2, 0.25) is 0 Å². The summed E-state index contributed by atoms with van der Waals surface area (Å²) in [6.07, 6.45) is 4.31. The maximum Gasteiger partial charge on any atom is 0.152 e. The van der Waals surface area contributed by atoms with Crippen LogP contribution in [0.3, 0.4) is 0 Å². The number of aryl methyl sites for hydroxylation is 2. The molecule has 2 aromatic heterocycles. The second kappa shape index (κ2) is 4.81. The van der Waals surface area contributed by atoms with Crippen molar-refractivity contribution in [2.75, 3.05) is 0 Å². The third-order valence-corrected chi connectivity index (χ3v) is 5.27. The van der Waals surface area contributed by atoms with E-state index in [0.29, 0.717) is 11.1 Å². The number of aldehydes is 1. The lowest BCUT2D eigenvalue weighted by molar-refractivity contribution is 0.112. The van der Waals surface area contributed by atoms with Crippen molar-refractivity contribution in [2.24, 2.45) is 7.05 Å². The summed E-state index contributed by atoms with van der Waals surface area (Å²) in [7, 11) is 1.91. The van der Waals surface area contributed by atoms with Gasteiger partial charge >= 0.3 is 0 Å². The first-order valence-electron chi connectivity index (χ1n) is 8.20. The predicted molar refractivity (Wildman–Crippen MR) is 95.5 cm³/mol. The molecule has 1 aliphatic carbocycles. The minimum atomic E-state index is 0.443. The molecule has 0 saturated carbocycles. The summed E-state index contributed by atoms with van der Waals surface area (Å²) < 4.78 is 1.86. The van der Waals surface area contributed by atoms with Crippen LogP contribution in [0, 0.1) is 11.3 Å². The lowest BCUT2D eigenvalue weighted by atomic mass is 9.82. The number of nitriles is 1. The average molecular weight is 326 g/mol. The highest BCUT2D eigenvalue weighted by atomic mass is 16.1. The SMILES string of the molecule is Cn1ncc2c1CCc1c-2c(C=O)c(C#N)c2c1[nH]c1ccccc12. The minimum absolute atomic E-state index is 0.443. The first-order valence-corrected chi connectivity index (χ1v) is 8.20. The Balaban J connectivity index is 2.06. The molecule has 25 heavy (non-hydrogen) atoms. The van der Waals surface area contributed by atoms with Gasteiger partial charge in [-0.05, 0) is 24.5 Å². The number of nitrogens with one attached hydrogen (secondary N) is 1. The Morgan fingerprint density at radius 3 is 2.96 bits per heavy atom. The number of nitrogens with zero attached hydrogens (tertiary/aromatic N) is 3. The minimum Gasteiger partial charge on any atom is -0.354 e. The van der Waals surface area contributed by atoms with E-state index in [1.54, 1.807) is 6.20 Å². The van der Waals surface area contributed by atoms with Crippen LogP contribution in [-0.4, -0.2) is 21.1 Å². The number of carbonyl (C=O) groups is 1. The largest absolute Gasteiger partial charge is 0.354 e. The molecule has 2 heterocycles. The number of aromatic nitrogens is 3. The smallest absolute Gasteiger partial charge is 0.152 e. The summed E-state index contributed by atoms with van der Waals surface area (Å²) in [5.41, 5.74) is 6.90. The van der Waals surface area contributed by atoms with E-state index in [1.807, 2.05) is 36.0 Å². The average Bonchev–Trinajstić information content (AvgIpc) is 3.21. The monoisotopic (exact) mass is 326 g/mol. The lowest BCUT2D eigenvalue weighted by Crippen LogP contribution is -2.11. The van der Waals surface area contributed by atoms with Gasteiger partial charge < -0.3 is 4.98 Å². The summed E-state index contributed by atoms with van der Waals surface area (Å²) >= 11 is 0. The molecule has 0 amide bonds. The number of H-pyrrole nitrogens is 1. The van der Waals surface area contributed by atoms with Gasteiger partial charge in [0.1, 0.15) is 6.07 Å². The fourth-order valence-corrected chi connectivity index (χ4v) is 4.18. The number of hydrogen-bond acceptors (Lipinski definition) is 3. The van der Waals surface area contributed by atoms with E-state index in [1.165, 1.54) is 0 Å². The van der Waals surface area contributed by atoms with Crippen LogP contribution in [0.5, 0.6) is 0 Å². The van der Waals surface area contributed by atoms with Gasteiger partial charge in [-0.15, -0.1) is 0 Å². The number of fused-ring (bicyclic) bond motifs is 7. The number of carbonyl (C=O) groups excluding carboxylic acids is 1. The molecule has 0 radical (unpaired) electrons. The van der Waals surface area contributed by atoms with Gasteiger partial charge in [0.05, 0.1) is 17.3 Å². The van der Waals surface area contributed by atoms with Crippen LogP contribution in [0.4, 0.5) is 0 Å². The maximum atomic E-state index is 12.0. The van der Waals surface area contributed by atoms with Crippen molar-refractivity contribution in [1.29, 1.82) is 5.26 Å². The molecule has 0 aliphatic heterocycles. The Hall–Kier alpha value is -3.39. The van der Waals surface area contributed by atoms with E-state index in [9.17, 15) is 10.1 Å². The first kappa shape index (κ1) is 14.0. The fourth-order valence-electron chi connectivity index (χ4n) is 4.18. The molecule has 1 N–H and O–H groups in total. The van der Waals surface area contributed by atoms with Crippen molar-refractivity contribution >= 4 is 28.1 Å². The molecule has 5 nitrogen and oxygen atoms in total. The number of aromatic amines is 1. The quantitative estimate of drug-likeness (QED) is 0.544. The molecule has 4 aromatic rings. The van der Waals surface area contributed by atoms with Crippen LogP contribution in [0.2, 0.25) is 0 Å². The van der Waals surface area contributed by atoms with Crippen molar-refractivity contribution < 1.29 is 4.79 Å². The molecule has 0 atom stereocenters. The topological polar surface area (TPSA) is 74.5 Å². The zero-order valence-corrected chi connectivity index (χ0v) is 13.6. The van der Waals surface area contributed by atoms with Gasteiger partial charge in [0.25, 0.3) is 0 Å². The zero-order chi connectivity index (χ0) is 17.1. The van der Waals surface area contributed by atoms with E-state index in [0.717, 1.165) is 63.3 Å². The molecule has 1 aliphatic rings. The standard InChI is InChI=1S/C20H14N4O/c1-24-17-7-6-12-18(14(17)9-22-24)15(10-25)13(8-21)19-11-4-2-3-5-16(11)23-20(12)19/h2-5,9-10,23H,6-7H2,1H3. The summed E-state index contributed by atoms with van der Waals surface area (Å²) in [5, 5.41) is 16.0. The van der Waals surface area contributed by atoms with Crippen molar-refractivity contribution in [3.8, 4) is 17.2 Å². The highest BCUT2D eigenvalue weighted by molar-refractivity contribution is 6.16. The molecule has 0 fully saturated rings. The van der Waals surface area contributed by atoms with Crippen LogP contribution in [0.25, 0.3) is 32.9 Å². The van der Waals surface area contributed by atoms with E-state index in [4.69, 9.17) is 0 Å². The van der Waals surface area contributed by atoms with Crippen LogP contribution in [-0.2, 0) is 19.9 Å². The zero-order valence-electron chi connectivity index (χ0n) is 13.6. The second-order valence-corrected chi connectivity index (χ2v) is 6.42. The second-order valence-electron chi connectivity index (χ2n) is 6.42. The maximum absolute atomic E-state index is 12.0. The number of benzene rings is 2. The Kier molecular flexibility index (Phi) is 2.69. The molecular weight excluding hydrogens is 312 g/mol. The Bertz CT molecular complexity index is 1240. The van der Waals surface area contributed by atoms with Gasteiger partial charge in [0, 0.05) is 45.7 Å². The molecule has 2 aromatic carbocycles. The Labute approximate surface area is 143 Å². The molecule has 5 heteroatoms. The van der Waals surface area contributed by atoms with Gasteiger partial charge in [0.15, 0.2) is 6.29 Å². The van der Waals surface area contributed by atoms with E-state index in [-0.39, 0.29) is 0 Å². The van der Waals surface area contributed by atoms with Gasteiger partial charge in [-0.1, -0.05) is 18.2 Å². The highest BCUT2D eigenvalue weighted by Crippen LogP contribution is 2.43. The molecule has 120 valence electrons.